The Morgan fingerprint density at radius 1 is 1.29 bits per heavy atom. The summed E-state index contributed by atoms with van der Waals surface area (Å²) >= 11 is 6.18. The molecule has 2 N–H and O–H groups in total. The molecule has 1 aliphatic heterocycles. The van der Waals surface area contributed by atoms with E-state index in [1.54, 1.807) is 36.1 Å². The highest BCUT2D eigenvalue weighted by Gasteiger charge is 2.28. The van der Waals surface area contributed by atoms with Gasteiger partial charge in [-0.05, 0) is 25.8 Å². The molecule has 2 aromatic rings. The summed E-state index contributed by atoms with van der Waals surface area (Å²) in [7, 11) is 0. The van der Waals surface area contributed by atoms with Crippen molar-refractivity contribution in [1.82, 2.24) is 10.1 Å². The van der Waals surface area contributed by atoms with Crippen LogP contribution in [0.3, 0.4) is 0 Å². The Balaban J connectivity index is 1.65. The average Bonchev–Trinajstić information content (AvgIpc) is 3.07. The van der Waals surface area contributed by atoms with Crippen LogP contribution in [-0.2, 0) is 14.3 Å². The van der Waals surface area contributed by atoms with Crippen molar-refractivity contribution in [2.45, 2.75) is 19.8 Å². The van der Waals surface area contributed by atoms with E-state index in [1.807, 2.05) is 0 Å². The van der Waals surface area contributed by atoms with E-state index in [2.05, 4.69) is 5.16 Å². The first-order valence-corrected chi connectivity index (χ1v) is 9.21. The van der Waals surface area contributed by atoms with E-state index >= 15 is 0 Å². The van der Waals surface area contributed by atoms with Gasteiger partial charge in [-0.2, -0.15) is 0 Å². The van der Waals surface area contributed by atoms with Crippen molar-refractivity contribution in [3.63, 3.8) is 0 Å². The molecule has 1 saturated heterocycles. The van der Waals surface area contributed by atoms with E-state index < -0.39 is 12.6 Å². The van der Waals surface area contributed by atoms with Gasteiger partial charge in [0.25, 0.3) is 5.91 Å². The highest BCUT2D eigenvalue weighted by Crippen LogP contribution is 2.31. The first kappa shape index (κ1) is 19.9. The Hall–Kier alpha value is -2.87. The lowest BCUT2D eigenvalue weighted by molar-refractivity contribution is -0.137. The summed E-state index contributed by atoms with van der Waals surface area (Å²) < 4.78 is 10.3. The molecule has 1 fully saturated rings. The molecule has 0 spiro atoms. The average molecular weight is 406 g/mol. The number of nitrogens with zero attached hydrogens (tertiary/aromatic N) is 2. The van der Waals surface area contributed by atoms with Crippen LogP contribution in [-0.4, -0.2) is 47.5 Å². The van der Waals surface area contributed by atoms with Gasteiger partial charge in [0.1, 0.15) is 17.0 Å². The fourth-order valence-electron chi connectivity index (χ4n) is 3.15. The number of carbonyl (C=O) groups is 3. The van der Waals surface area contributed by atoms with Gasteiger partial charge in [-0.15, -0.1) is 0 Å². The topological polar surface area (TPSA) is 116 Å². The number of nitrogens with two attached hydrogens (primary N) is 1. The number of hydrogen-bond acceptors (Lipinski definition) is 6. The lowest BCUT2D eigenvalue weighted by Crippen LogP contribution is -2.43. The van der Waals surface area contributed by atoms with Crippen LogP contribution in [0.4, 0.5) is 0 Å². The monoisotopic (exact) mass is 405 g/mol. The van der Waals surface area contributed by atoms with E-state index in [0.717, 1.165) is 0 Å². The van der Waals surface area contributed by atoms with Crippen molar-refractivity contribution in [1.29, 1.82) is 0 Å². The number of rotatable bonds is 5. The number of aryl methyl sites for hydroxylation is 1. The van der Waals surface area contributed by atoms with Crippen molar-refractivity contribution in [2.24, 2.45) is 11.7 Å². The molecule has 0 radical (unpaired) electrons. The number of piperidine rings is 1. The Bertz CT molecular complexity index is 903. The number of ether oxygens (including phenoxy) is 1. The molecule has 0 unspecified atom stereocenters. The number of benzene rings is 1. The fraction of sp³-hybridized carbons (Fsp3) is 0.368. The summed E-state index contributed by atoms with van der Waals surface area (Å²) in [5, 5.41) is 4.33. The maximum atomic E-state index is 12.6. The third-order valence-corrected chi connectivity index (χ3v) is 5.10. The van der Waals surface area contributed by atoms with Gasteiger partial charge in [0.05, 0.1) is 5.02 Å². The summed E-state index contributed by atoms with van der Waals surface area (Å²) in [5.41, 5.74) is 6.23. The predicted octanol–water partition coefficient (Wildman–Crippen LogP) is 2.18. The van der Waals surface area contributed by atoms with Gasteiger partial charge >= 0.3 is 5.97 Å². The van der Waals surface area contributed by atoms with Crippen molar-refractivity contribution >= 4 is 29.4 Å². The molecular weight excluding hydrogens is 386 g/mol. The summed E-state index contributed by atoms with van der Waals surface area (Å²) in [6, 6.07) is 6.91. The van der Waals surface area contributed by atoms with E-state index in [1.165, 1.54) is 0 Å². The molecule has 9 heteroatoms. The molecular formula is C19H20ClN3O5. The largest absolute Gasteiger partial charge is 0.452 e. The van der Waals surface area contributed by atoms with Gasteiger partial charge in [0, 0.05) is 24.6 Å². The zero-order chi connectivity index (χ0) is 20.3. The van der Waals surface area contributed by atoms with Crippen molar-refractivity contribution < 1.29 is 23.6 Å². The summed E-state index contributed by atoms with van der Waals surface area (Å²) in [6.07, 6.45) is 1.02. The minimum atomic E-state index is -0.714. The number of primary amides is 1. The van der Waals surface area contributed by atoms with E-state index in [-0.39, 0.29) is 34.7 Å². The van der Waals surface area contributed by atoms with Crippen LogP contribution in [0.5, 0.6) is 0 Å². The van der Waals surface area contributed by atoms with Gasteiger partial charge in [-0.3, -0.25) is 9.59 Å². The molecule has 0 atom stereocenters. The van der Waals surface area contributed by atoms with Gasteiger partial charge in [0.2, 0.25) is 5.91 Å². The predicted molar refractivity (Wildman–Crippen MR) is 100 cm³/mol. The zero-order valence-electron chi connectivity index (χ0n) is 15.3. The quantitative estimate of drug-likeness (QED) is 0.762. The summed E-state index contributed by atoms with van der Waals surface area (Å²) in [6.45, 7) is 1.98. The normalized spacial score (nSPS) is 14.7. The number of aromatic nitrogens is 1. The minimum Gasteiger partial charge on any atom is -0.452 e. The van der Waals surface area contributed by atoms with Crippen LogP contribution >= 0.6 is 11.6 Å². The Morgan fingerprint density at radius 3 is 2.61 bits per heavy atom. The lowest BCUT2D eigenvalue weighted by Gasteiger charge is -2.30. The molecule has 1 aromatic carbocycles. The third kappa shape index (κ3) is 4.17. The SMILES string of the molecule is Cc1onc(-c2ccccc2Cl)c1C(=O)OCC(=O)N1CCC(C(N)=O)CC1. The van der Waals surface area contributed by atoms with E-state index in [4.69, 9.17) is 26.6 Å². The highest BCUT2D eigenvalue weighted by molar-refractivity contribution is 6.33. The molecule has 0 saturated carbocycles. The number of amides is 2. The molecule has 8 nitrogen and oxygen atoms in total. The fourth-order valence-corrected chi connectivity index (χ4v) is 3.38. The number of likely N-dealkylation sites (tertiary alicyclic amines) is 1. The van der Waals surface area contributed by atoms with Crippen molar-refractivity contribution in [3.05, 3.63) is 40.6 Å². The molecule has 1 aliphatic rings. The second-order valence-electron chi connectivity index (χ2n) is 6.58. The first-order valence-electron chi connectivity index (χ1n) is 8.84. The molecule has 2 heterocycles. The van der Waals surface area contributed by atoms with E-state index in [9.17, 15) is 14.4 Å². The summed E-state index contributed by atoms with van der Waals surface area (Å²) in [5.74, 6) is -1.34. The second-order valence-corrected chi connectivity index (χ2v) is 6.98. The van der Waals surface area contributed by atoms with Gasteiger partial charge in [-0.25, -0.2) is 4.79 Å². The molecule has 148 valence electrons. The lowest BCUT2D eigenvalue weighted by atomic mass is 9.96. The van der Waals surface area contributed by atoms with Gasteiger partial charge in [-0.1, -0.05) is 35.0 Å². The number of esters is 1. The number of carbonyl (C=O) groups excluding carboxylic acids is 3. The summed E-state index contributed by atoms with van der Waals surface area (Å²) in [4.78, 5) is 37.6. The maximum absolute atomic E-state index is 12.6. The van der Waals surface area contributed by atoms with Crippen LogP contribution in [0.1, 0.15) is 29.0 Å². The Morgan fingerprint density at radius 2 is 1.96 bits per heavy atom. The number of hydrogen-bond donors (Lipinski definition) is 1. The van der Waals surface area contributed by atoms with Gasteiger partial charge < -0.3 is 19.9 Å². The van der Waals surface area contributed by atoms with Gasteiger partial charge in [0.15, 0.2) is 6.61 Å². The van der Waals surface area contributed by atoms with Crippen LogP contribution < -0.4 is 5.73 Å². The third-order valence-electron chi connectivity index (χ3n) is 4.77. The van der Waals surface area contributed by atoms with E-state index in [0.29, 0.717) is 36.5 Å². The molecule has 0 aliphatic carbocycles. The standard InChI is InChI=1S/C19H20ClN3O5/c1-11-16(17(22-28-11)13-4-2-3-5-14(13)20)19(26)27-10-15(24)23-8-6-12(7-9-23)18(21)25/h2-5,12H,6-10H2,1H3,(H2,21,25). The molecule has 1 aromatic heterocycles. The molecule has 0 bridgehead atoms. The number of halogens is 1. The van der Waals surface area contributed by atoms with Crippen molar-refractivity contribution in [3.8, 4) is 11.3 Å². The smallest absolute Gasteiger partial charge is 0.344 e. The highest BCUT2D eigenvalue weighted by atomic mass is 35.5. The molecule has 2 amide bonds. The minimum absolute atomic E-state index is 0.133. The van der Waals surface area contributed by atoms with Crippen LogP contribution in [0.25, 0.3) is 11.3 Å². The van der Waals surface area contributed by atoms with Crippen LogP contribution in [0, 0.1) is 12.8 Å². The Kier molecular flexibility index (Phi) is 5.99. The Labute approximate surface area is 166 Å². The second kappa shape index (κ2) is 8.43. The van der Waals surface area contributed by atoms with Crippen molar-refractivity contribution in [2.75, 3.05) is 19.7 Å². The maximum Gasteiger partial charge on any atom is 0.344 e. The zero-order valence-corrected chi connectivity index (χ0v) is 16.1. The van der Waals surface area contributed by atoms with Crippen LogP contribution in [0.2, 0.25) is 5.02 Å². The first-order chi connectivity index (χ1) is 13.4. The molecule has 3 rings (SSSR count). The molecule has 28 heavy (non-hydrogen) atoms. The van der Waals surface area contributed by atoms with Crippen LogP contribution in [0.15, 0.2) is 28.8 Å².